The number of rotatable bonds is 4. The number of hydrogen-bond donors (Lipinski definition) is 1. The molecule has 6 nitrogen and oxygen atoms in total. The molecule has 0 saturated carbocycles. The number of aromatic nitrogens is 4. The highest BCUT2D eigenvalue weighted by molar-refractivity contribution is 5.93. The Bertz CT molecular complexity index is 903. The summed E-state index contributed by atoms with van der Waals surface area (Å²) < 4.78 is 1.95. The second-order valence-corrected chi connectivity index (χ2v) is 5.63. The molecule has 0 saturated heterocycles. The number of fused-ring (bicyclic) bond motifs is 1. The summed E-state index contributed by atoms with van der Waals surface area (Å²) in [4.78, 5) is 0. The normalized spacial score (nSPS) is 10.7. The fraction of sp³-hybridized carbons (Fsp3) is 0.294. The molecule has 0 aliphatic rings. The number of aryl methyl sites for hydroxylation is 3. The Hall–Kier alpha value is -2.94. The smallest absolute Gasteiger partial charge is 0.186 e. The molecule has 6 heteroatoms. The zero-order chi connectivity index (χ0) is 16.4. The average molecular weight is 306 g/mol. The minimum absolute atomic E-state index is 0.316. The van der Waals surface area contributed by atoms with Crippen LogP contribution in [-0.4, -0.2) is 26.5 Å². The van der Waals surface area contributed by atoms with Gasteiger partial charge in [-0.05, 0) is 39.0 Å². The van der Waals surface area contributed by atoms with Gasteiger partial charge < -0.3 is 5.32 Å². The molecule has 23 heavy (non-hydrogen) atoms. The van der Waals surface area contributed by atoms with Crippen molar-refractivity contribution in [2.45, 2.75) is 27.3 Å². The molecular formula is C17H18N6. The highest BCUT2D eigenvalue weighted by atomic mass is 15.3. The quantitative estimate of drug-likeness (QED) is 0.801. The first-order chi connectivity index (χ1) is 11.1. The first-order valence-corrected chi connectivity index (χ1v) is 7.50. The third-order valence-corrected chi connectivity index (χ3v) is 3.75. The number of nitrogens with one attached hydrogen (secondary N) is 1. The Kier molecular flexibility index (Phi) is 3.94. The van der Waals surface area contributed by atoms with Crippen LogP contribution in [-0.2, 0) is 6.54 Å². The molecule has 0 radical (unpaired) electrons. The molecule has 1 N–H and O–H groups in total. The van der Waals surface area contributed by atoms with Crippen molar-refractivity contribution in [1.82, 2.24) is 20.0 Å². The Morgan fingerprint density at radius 3 is 2.70 bits per heavy atom. The van der Waals surface area contributed by atoms with Gasteiger partial charge in [-0.3, -0.25) is 4.68 Å². The van der Waals surface area contributed by atoms with E-state index < -0.39 is 0 Å². The van der Waals surface area contributed by atoms with E-state index in [0.29, 0.717) is 12.2 Å². The van der Waals surface area contributed by atoms with Gasteiger partial charge in [-0.15, -0.1) is 10.2 Å². The van der Waals surface area contributed by atoms with Gasteiger partial charge in [-0.25, -0.2) is 0 Å². The Morgan fingerprint density at radius 2 is 2.00 bits per heavy atom. The highest BCUT2D eigenvalue weighted by Gasteiger charge is 2.10. The maximum atomic E-state index is 9.30. The largest absolute Gasteiger partial charge is 0.380 e. The minimum Gasteiger partial charge on any atom is -0.380 e. The second kappa shape index (κ2) is 6.05. The van der Waals surface area contributed by atoms with E-state index >= 15 is 0 Å². The lowest BCUT2D eigenvalue weighted by molar-refractivity contribution is 0.615. The topological polar surface area (TPSA) is 79.4 Å². The van der Waals surface area contributed by atoms with Crippen LogP contribution in [0.2, 0.25) is 0 Å². The van der Waals surface area contributed by atoms with E-state index in [9.17, 15) is 5.26 Å². The second-order valence-electron chi connectivity index (χ2n) is 5.63. The molecule has 2 aromatic heterocycles. The lowest BCUT2D eigenvalue weighted by atomic mass is 10.1. The van der Waals surface area contributed by atoms with E-state index in [1.807, 2.05) is 49.7 Å². The Balaban J connectivity index is 1.88. The van der Waals surface area contributed by atoms with Crippen molar-refractivity contribution in [3.05, 3.63) is 46.9 Å². The van der Waals surface area contributed by atoms with Gasteiger partial charge in [-0.2, -0.15) is 10.4 Å². The molecule has 0 fully saturated rings. The molecule has 0 spiro atoms. The Morgan fingerprint density at radius 1 is 1.17 bits per heavy atom. The number of anilines is 1. The van der Waals surface area contributed by atoms with Crippen LogP contribution in [0.15, 0.2) is 24.3 Å². The van der Waals surface area contributed by atoms with Crippen LogP contribution >= 0.6 is 0 Å². The average Bonchev–Trinajstić information content (AvgIpc) is 2.85. The molecule has 0 atom stereocenters. The molecule has 2 heterocycles. The third kappa shape index (κ3) is 2.99. The summed E-state index contributed by atoms with van der Waals surface area (Å²) >= 11 is 0. The maximum absolute atomic E-state index is 9.30. The first-order valence-electron chi connectivity index (χ1n) is 7.50. The van der Waals surface area contributed by atoms with Crippen molar-refractivity contribution >= 4 is 16.6 Å². The van der Waals surface area contributed by atoms with E-state index in [4.69, 9.17) is 0 Å². The molecule has 116 valence electrons. The van der Waals surface area contributed by atoms with Crippen molar-refractivity contribution in [1.29, 1.82) is 5.26 Å². The molecule has 0 unspecified atom stereocenters. The first kappa shape index (κ1) is 15.0. The maximum Gasteiger partial charge on any atom is 0.186 e. The van der Waals surface area contributed by atoms with Gasteiger partial charge in [0.05, 0.1) is 23.4 Å². The van der Waals surface area contributed by atoms with Crippen LogP contribution in [0.5, 0.6) is 0 Å². The summed E-state index contributed by atoms with van der Waals surface area (Å²) in [6.45, 7) is 7.42. The monoisotopic (exact) mass is 306 g/mol. The fourth-order valence-corrected chi connectivity index (χ4v) is 2.66. The number of nitriles is 1. The molecule has 3 rings (SSSR count). The van der Waals surface area contributed by atoms with E-state index in [1.54, 1.807) is 0 Å². The van der Waals surface area contributed by atoms with Crippen LogP contribution in [0.3, 0.4) is 0 Å². The van der Waals surface area contributed by atoms with Crippen LogP contribution in [0.1, 0.15) is 22.6 Å². The lowest BCUT2D eigenvalue weighted by Gasteiger charge is -2.11. The molecule has 0 aliphatic carbocycles. The Labute approximate surface area is 134 Å². The summed E-state index contributed by atoms with van der Waals surface area (Å²) in [5, 5.41) is 26.1. The van der Waals surface area contributed by atoms with E-state index in [-0.39, 0.29) is 0 Å². The summed E-state index contributed by atoms with van der Waals surface area (Å²) in [6, 6.07) is 10.1. The fourth-order valence-electron chi connectivity index (χ4n) is 2.66. The SMILES string of the molecule is Cc1ccc2nnc(C#N)c(NCCn3nc(C)cc3C)c2c1. The zero-order valence-corrected chi connectivity index (χ0v) is 13.5. The zero-order valence-electron chi connectivity index (χ0n) is 13.5. The highest BCUT2D eigenvalue weighted by Crippen LogP contribution is 2.24. The van der Waals surface area contributed by atoms with E-state index in [1.165, 1.54) is 0 Å². The van der Waals surface area contributed by atoms with Gasteiger partial charge in [0.2, 0.25) is 0 Å². The number of benzene rings is 1. The number of nitrogens with zero attached hydrogens (tertiary/aromatic N) is 5. The van der Waals surface area contributed by atoms with Crippen LogP contribution in [0.4, 0.5) is 5.69 Å². The van der Waals surface area contributed by atoms with Crippen molar-refractivity contribution in [3.8, 4) is 6.07 Å². The molecule has 0 bridgehead atoms. The van der Waals surface area contributed by atoms with Crippen LogP contribution in [0.25, 0.3) is 10.9 Å². The molecule has 3 aromatic rings. The van der Waals surface area contributed by atoms with Crippen molar-refractivity contribution in [2.75, 3.05) is 11.9 Å². The van der Waals surface area contributed by atoms with Crippen LogP contribution < -0.4 is 5.32 Å². The summed E-state index contributed by atoms with van der Waals surface area (Å²) in [5.74, 6) is 0. The van der Waals surface area contributed by atoms with E-state index in [0.717, 1.165) is 40.1 Å². The standard InChI is InChI=1S/C17H18N6/c1-11-4-5-15-14(8-11)17(16(10-18)21-20-15)19-6-7-23-13(3)9-12(2)22-23/h4-5,8-9H,6-7H2,1-3H3,(H,19,20). The van der Waals surface area contributed by atoms with Gasteiger partial charge >= 0.3 is 0 Å². The van der Waals surface area contributed by atoms with Gasteiger partial charge in [0.25, 0.3) is 0 Å². The van der Waals surface area contributed by atoms with Crippen LogP contribution in [0, 0.1) is 32.1 Å². The minimum atomic E-state index is 0.316. The summed E-state index contributed by atoms with van der Waals surface area (Å²) in [6.07, 6.45) is 0. The molecule has 0 amide bonds. The van der Waals surface area contributed by atoms with Gasteiger partial charge in [0.1, 0.15) is 6.07 Å². The predicted octanol–water partition coefficient (Wildman–Crippen LogP) is 2.74. The summed E-state index contributed by atoms with van der Waals surface area (Å²) in [7, 11) is 0. The van der Waals surface area contributed by atoms with Gasteiger partial charge in [-0.1, -0.05) is 11.6 Å². The predicted molar refractivity (Wildman–Crippen MR) is 89.2 cm³/mol. The molecular weight excluding hydrogens is 288 g/mol. The molecule has 1 aromatic carbocycles. The van der Waals surface area contributed by atoms with Crippen molar-refractivity contribution in [3.63, 3.8) is 0 Å². The lowest BCUT2D eigenvalue weighted by Crippen LogP contribution is -2.14. The number of hydrogen-bond acceptors (Lipinski definition) is 5. The third-order valence-electron chi connectivity index (χ3n) is 3.75. The van der Waals surface area contributed by atoms with Gasteiger partial charge in [0, 0.05) is 17.6 Å². The van der Waals surface area contributed by atoms with Gasteiger partial charge in [0.15, 0.2) is 5.69 Å². The van der Waals surface area contributed by atoms with Crippen molar-refractivity contribution < 1.29 is 0 Å². The van der Waals surface area contributed by atoms with E-state index in [2.05, 4.69) is 26.7 Å². The van der Waals surface area contributed by atoms with Crippen molar-refractivity contribution in [2.24, 2.45) is 0 Å². The summed E-state index contributed by atoms with van der Waals surface area (Å²) in [5.41, 5.74) is 5.09. The molecule has 0 aliphatic heterocycles.